The molecular formula is C20H20BrNO2. The Labute approximate surface area is 150 Å². The summed E-state index contributed by atoms with van der Waals surface area (Å²) in [5.74, 6) is 0.383. The molecule has 124 valence electrons. The predicted molar refractivity (Wildman–Crippen MR) is 101 cm³/mol. The molecule has 1 N–H and O–H groups in total. The fourth-order valence-electron chi connectivity index (χ4n) is 3.04. The van der Waals surface area contributed by atoms with E-state index in [4.69, 9.17) is 4.74 Å². The summed E-state index contributed by atoms with van der Waals surface area (Å²) in [7, 11) is 1.62. The van der Waals surface area contributed by atoms with E-state index in [-0.39, 0.29) is 5.92 Å². The van der Waals surface area contributed by atoms with Crippen LogP contribution in [0.2, 0.25) is 0 Å². The van der Waals surface area contributed by atoms with Gasteiger partial charge in [-0.3, -0.25) is 0 Å². The Balaban J connectivity index is 2.22. The van der Waals surface area contributed by atoms with Crippen molar-refractivity contribution in [1.29, 1.82) is 0 Å². The lowest BCUT2D eigenvalue weighted by Gasteiger charge is -2.24. The average Bonchev–Trinajstić information content (AvgIpc) is 2.62. The molecule has 2 aromatic carbocycles. The predicted octanol–water partition coefficient (Wildman–Crippen LogP) is 4.91. The van der Waals surface area contributed by atoms with E-state index < -0.39 is 6.10 Å². The quantitative estimate of drug-likeness (QED) is 0.678. The molecule has 0 radical (unpaired) electrons. The van der Waals surface area contributed by atoms with E-state index in [1.165, 1.54) is 0 Å². The normalized spacial score (nSPS) is 13.7. The van der Waals surface area contributed by atoms with E-state index in [1.54, 1.807) is 7.11 Å². The Morgan fingerprint density at radius 1 is 1.12 bits per heavy atom. The smallest absolute Gasteiger partial charge is 0.217 e. The maximum atomic E-state index is 10.7. The van der Waals surface area contributed by atoms with Crippen LogP contribution >= 0.6 is 15.9 Å². The molecule has 1 aromatic heterocycles. The number of hydrogen-bond donors (Lipinski definition) is 1. The van der Waals surface area contributed by atoms with Gasteiger partial charge in [0.2, 0.25) is 5.88 Å². The van der Waals surface area contributed by atoms with Crippen LogP contribution in [0.1, 0.15) is 30.4 Å². The zero-order valence-electron chi connectivity index (χ0n) is 13.7. The molecule has 3 rings (SSSR count). The lowest BCUT2D eigenvalue weighted by Crippen LogP contribution is -2.20. The highest BCUT2D eigenvalue weighted by molar-refractivity contribution is 9.10. The maximum absolute atomic E-state index is 10.7. The molecule has 3 aromatic rings. The maximum Gasteiger partial charge on any atom is 0.217 e. The van der Waals surface area contributed by atoms with E-state index in [9.17, 15) is 5.11 Å². The second-order valence-corrected chi connectivity index (χ2v) is 6.70. The van der Waals surface area contributed by atoms with Gasteiger partial charge in [-0.2, -0.15) is 0 Å². The van der Waals surface area contributed by atoms with Crippen LogP contribution in [0.5, 0.6) is 5.88 Å². The minimum absolute atomic E-state index is 0.179. The van der Waals surface area contributed by atoms with Crippen molar-refractivity contribution >= 4 is 26.8 Å². The molecule has 24 heavy (non-hydrogen) atoms. The van der Waals surface area contributed by atoms with Crippen molar-refractivity contribution in [3.63, 3.8) is 0 Å². The third-order valence-electron chi connectivity index (χ3n) is 4.26. The minimum atomic E-state index is -0.507. The summed E-state index contributed by atoms with van der Waals surface area (Å²) in [4.78, 5) is 4.64. The molecule has 0 aliphatic carbocycles. The molecule has 0 spiro atoms. The fraction of sp³-hybridized carbons (Fsp3) is 0.250. The van der Waals surface area contributed by atoms with Gasteiger partial charge in [0.05, 0.1) is 18.7 Å². The molecule has 3 nitrogen and oxygen atoms in total. The average molecular weight is 386 g/mol. The zero-order chi connectivity index (χ0) is 17.1. The highest BCUT2D eigenvalue weighted by Gasteiger charge is 2.26. The summed E-state index contributed by atoms with van der Waals surface area (Å²) < 4.78 is 6.55. The number of fused-ring (bicyclic) bond motifs is 1. The van der Waals surface area contributed by atoms with Crippen molar-refractivity contribution < 1.29 is 9.84 Å². The number of aromatic nitrogens is 1. The lowest BCUT2D eigenvalue weighted by molar-refractivity contribution is 0.151. The van der Waals surface area contributed by atoms with Crippen LogP contribution in [0.3, 0.4) is 0 Å². The number of rotatable bonds is 5. The van der Waals surface area contributed by atoms with Gasteiger partial charge in [-0.25, -0.2) is 4.98 Å². The summed E-state index contributed by atoms with van der Waals surface area (Å²) >= 11 is 3.51. The topological polar surface area (TPSA) is 42.4 Å². The monoisotopic (exact) mass is 385 g/mol. The first-order chi connectivity index (χ1) is 11.6. The van der Waals surface area contributed by atoms with Gasteiger partial charge < -0.3 is 9.84 Å². The molecule has 0 saturated carbocycles. The second kappa shape index (κ2) is 7.32. The van der Waals surface area contributed by atoms with Gasteiger partial charge in [-0.05, 0) is 36.2 Å². The lowest BCUT2D eigenvalue weighted by atomic mass is 9.85. The number of methoxy groups -OCH3 is 1. The molecule has 0 aliphatic heterocycles. The van der Waals surface area contributed by atoms with Crippen molar-refractivity contribution in [2.24, 2.45) is 0 Å². The van der Waals surface area contributed by atoms with Crippen LogP contribution in [0.25, 0.3) is 10.9 Å². The molecule has 0 aliphatic rings. The first-order valence-electron chi connectivity index (χ1n) is 8.01. The Morgan fingerprint density at radius 3 is 2.54 bits per heavy atom. The fourth-order valence-corrected chi connectivity index (χ4v) is 3.42. The highest BCUT2D eigenvalue weighted by atomic mass is 79.9. The van der Waals surface area contributed by atoms with Gasteiger partial charge in [0, 0.05) is 21.3 Å². The number of pyridine rings is 1. The van der Waals surface area contributed by atoms with E-state index in [0.29, 0.717) is 12.3 Å². The Bertz CT molecular complexity index is 836. The molecule has 0 unspecified atom stereocenters. The molecule has 2 atom stereocenters. The van der Waals surface area contributed by atoms with Gasteiger partial charge in [-0.1, -0.05) is 53.2 Å². The van der Waals surface area contributed by atoms with Crippen LogP contribution < -0.4 is 4.74 Å². The molecular weight excluding hydrogens is 366 g/mol. The summed E-state index contributed by atoms with van der Waals surface area (Å²) in [6, 6.07) is 18.1. The Hall–Kier alpha value is -1.91. The van der Waals surface area contributed by atoms with Crippen molar-refractivity contribution in [3.8, 4) is 5.88 Å². The Morgan fingerprint density at radius 2 is 1.88 bits per heavy atom. The number of hydrogen-bond acceptors (Lipinski definition) is 3. The van der Waals surface area contributed by atoms with E-state index >= 15 is 0 Å². The summed E-state index contributed by atoms with van der Waals surface area (Å²) in [6.45, 7) is 1.98. The molecule has 0 bridgehead atoms. The standard InChI is InChI=1S/C20H20BrNO2/c1-3-18(23)19(13-7-5-4-6-8-13)16-12-14-11-15(21)9-10-17(14)22-20(16)24-2/h4-12,18-19,23H,3H2,1-2H3/t18-,19+/m0/s1. The van der Waals surface area contributed by atoms with Gasteiger partial charge in [0.25, 0.3) is 0 Å². The van der Waals surface area contributed by atoms with E-state index in [0.717, 1.165) is 26.5 Å². The summed E-state index contributed by atoms with van der Waals surface area (Å²) in [6.07, 6.45) is 0.145. The van der Waals surface area contributed by atoms with Gasteiger partial charge in [0.15, 0.2) is 0 Å². The number of ether oxygens (including phenoxy) is 1. The van der Waals surface area contributed by atoms with Crippen LogP contribution in [0.4, 0.5) is 0 Å². The number of benzene rings is 2. The van der Waals surface area contributed by atoms with Crippen LogP contribution in [0, 0.1) is 0 Å². The first kappa shape index (κ1) is 16.9. The first-order valence-corrected chi connectivity index (χ1v) is 8.80. The highest BCUT2D eigenvalue weighted by Crippen LogP contribution is 2.36. The summed E-state index contributed by atoms with van der Waals surface area (Å²) in [5.41, 5.74) is 2.83. The molecule has 0 saturated heterocycles. The largest absolute Gasteiger partial charge is 0.481 e. The number of aliphatic hydroxyl groups is 1. The molecule has 1 heterocycles. The number of nitrogens with zero attached hydrogens (tertiary/aromatic N) is 1. The summed E-state index contributed by atoms with van der Waals surface area (Å²) in [5, 5.41) is 11.7. The van der Waals surface area contributed by atoms with Gasteiger partial charge >= 0.3 is 0 Å². The second-order valence-electron chi connectivity index (χ2n) is 5.79. The zero-order valence-corrected chi connectivity index (χ0v) is 15.3. The van der Waals surface area contributed by atoms with Crippen molar-refractivity contribution in [1.82, 2.24) is 4.98 Å². The number of aliphatic hydroxyl groups excluding tert-OH is 1. The van der Waals surface area contributed by atoms with Crippen LogP contribution in [0.15, 0.2) is 59.1 Å². The SMILES string of the molecule is CC[C@H](O)[C@H](c1ccccc1)c1cc2cc(Br)ccc2nc1OC. The van der Waals surface area contributed by atoms with Crippen molar-refractivity contribution in [2.75, 3.05) is 7.11 Å². The number of halogens is 1. The molecule has 0 amide bonds. The van der Waals surface area contributed by atoms with E-state index in [1.807, 2.05) is 55.5 Å². The third kappa shape index (κ3) is 3.30. The van der Waals surface area contributed by atoms with Gasteiger partial charge in [-0.15, -0.1) is 0 Å². The van der Waals surface area contributed by atoms with Crippen LogP contribution in [-0.2, 0) is 0 Å². The van der Waals surface area contributed by atoms with Crippen molar-refractivity contribution in [2.45, 2.75) is 25.4 Å². The third-order valence-corrected chi connectivity index (χ3v) is 4.75. The minimum Gasteiger partial charge on any atom is -0.481 e. The van der Waals surface area contributed by atoms with E-state index in [2.05, 4.69) is 27.0 Å². The van der Waals surface area contributed by atoms with Gasteiger partial charge in [0.1, 0.15) is 0 Å². The van der Waals surface area contributed by atoms with Crippen molar-refractivity contribution in [3.05, 3.63) is 70.2 Å². The van der Waals surface area contributed by atoms with Crippen LogP contribution in [-0.4, -0.2) is 23.3 Å². The Kier molecular flexibility index (Phi) is 5.17. The molecule has 4 heteroatoms. The molecule has 0 fully saturated rings.